The van der Waals surface area contributed by atoms with Crippen molar-refractivity contribution >= 4 is 0 Å². The van der Waals surface area contributed by atoms with Gasteiger partial charge in [-0.15, -0.1) is 0 Å². The van der Waals surface area contributed by atoms with Crippen LogP contribution in [0.5, 0.6) is 5.75 Å². The first-order valence-corrected chi connectivity index (χ1v) is 7.51. The molecule has 21 heavy (non-hydrogen) atoms. The fraction of sp³-hybridized carbons (Fsp3) is 0.625. The zero-order valence-electron chi connectivity index (χ0n) is 11.9. The Labute approximate surface area is 122 Å². The molecule has 0 bridgehead atoms. The fourth-order valence-electron chi connectivity index (χ4n) is 3.43. The molecule has 116 valence electrons. The minimum absolute atomic E-state index is 0.152. The Morgan fingerprint density at radius 2 is 1.90 bits per heavy atom. The van der Waals surface area contributed by atoms with E-state index in [1.807, 2.05) is 0 Å². The third-order valence-electron chi connectivity index (χ3n) is 4.49. The normalized spacial score (nSPS) is 24.4. The summed E-state index contributed by atoms with van der Waals surface area (Å²) in [5.41, 5.74) is 0.0533. The molecule has 1 aromatic carbocycles. The average molecular weight is 298 g/mol. The molecule has 2 aliphatic rings. The van der Waals surface area contributed by atoms with Gasteiger partial charge < -0.3 is 14.6 Å². The maximum Gasteiger partial charge on any atom is 0.191 e. The molecule has 1 aliphatic carbocycles. The zero-order valence-corrected chi connectivity index (χ0v) is 11.9. The first-order valence-electron chi connectivity index (χ1n) is 7.51. The SMILES string of the molecule is OCc1cc(F)c(OC2CCOC3(CCCC3)C2)c(F)c1. The Balaban J connectivity index is 1.74. The summed E-state index contributed by atoms with van der Waals surface area (Å²) in [6.07, 6.45) is 5.39. The maximum absolute atomic E-state index is 13.9. The molecule has 3 nitrogen and oxygen atoms in total. The van der Waals surface area contributed by atoms with Crippen LogP contribution in [0.25, 0.3) is 0 Å². The van der Waals surface area contributed by atoms with Crippen molar-refractivity contribution in [1.29, 1.82) is 0 Å². The van der Waals surface area contributed by atoms with E-state index in [1.165, 1.54) is 0 Å². The predicted octanol–water partition coefficient (Wildman–Crippen LogP) is 3.33. The molecule has 5 heteroatoms. The van der Waals surface area contributed by atoms with Crippen LogP contribution in [0, 0.1) is 11.6 Å². The summed E-state index contributed by atoms with van der Waals surface area (Å²) in [6, 6.07) is 2.23. The minimum atomic E-state index is -0.758. The van der Waals surface area contributed by atoms with Gasteiger partial charge in [0.25, 0.3) is 0 Å². The van der Waals surface area contributed by atoms with Crippen molar-refractivity contribution in [3.05, 3.63) is 29.3 Å². The molecule has 3 rings (SSSR count). The fourth-order valence-corrected chi connectivity index (χ4v) is 3.43. The smallest absolute Gasteiger partial charge is 0.191 e. The Kier molecular flexibility index (Phi) is 4.13. The third kappa shape index (κ3) is 3.04. The van der Waals surface area contributed by atoms with Gasteiger partial charge in [0, 0.05) is 12.8 Å². The van der Waals surface area contributed by atoms with Crippen LogP contribution >= 0.6 is 0 Å². The van der Waals surface area contributed by atoms with Gasteiger partial charge in [0.1, 0.15) is 6.10 Å². The summed E-state index contributed by atoms with van der Waals surface area (Å²) in [5.74, 6) is -1.86. The monoisotopic (exact) mass is 298 g/mol. The summed E-state index contributed by atoms with van der Waals surface area (Å²) >= 11 is 0. The third-order valence-corrected chi connectivity index (χ3v) is 4.49. The molecule has 0 amide bonds. The Morgan fingerprint density at radius 3 is 2.52 bits per heavy atom. The summed E-state index contributed by atoms with van der Waals surface area (Å²) in [5, 5.41) is 8.95. The zero-order chi connectivity index (χ0) is 14.9. The molecule has 1 saturated carbocycles. The van der Waals surface area contributed by atoms with Crippen LogP contribution in [0.2, 0.25) is 0 Å². The topological polar surface area (TPSA) is 38.7 Å². The molecular weight excluding hydrogens is 278 g/mol. The molecule has 1 unspecified atom stereocenters. The van der Waals surface area contributed by atoms with Crippen molar-refractivity contribution in [2.75, 3.05) is 6.61 Å². The summed E-state index contributed by atoms with van der Waals surface area (Å²) < 4.78 is 39.3. The van der Waals surface area contributed by atoms with Crippen molar-refractivity contribution in [3.63, 3.8) is 0 Å². The molecule has 1 spiro atoms. The van der Waals surface area contributed by atoms with Crippen LogP contribution in [0.15, 0.2) is 12.1 Å². The highest BCUT2D eigenvalue weighted by Gasteiger charge is 2.41. The second-order valence-corrected chi connectivity index (χ2v) is 6.02. The quantitative estimate of drug-likeness (QED) is 0.930. The first kappa shape index (κ1) is 14.7. The number of aliphatic hydroxyl groups is 1. The lowest BCUT2D eigenvalue weighted by molar-refractivity contribution is -0.109. The van der Waals surface area contributed by atoms with E-state index >= 15 is 0 Å². The number of hydrogen-bond donors (Lipinski definition) is 1. The molecule has 0 aromatic heterocycles. The van der Waals surface area contributed by atoms with Gasteiger partial charge in [0.15, 0.2) is 17.4 Å². The standard InChI is InChI=1S/C16H20F2O3/c17-13-7-11(10-19)8-14(18)15(13)21-12-3-6-20-16(9-12)4-1-2-5-16/h7-8,12,19H,1-6,9-10H2. The molecule has 1 atom stereocenters. The summed E-state index contributed by atoms with van der Waals surface area (Å²) in [6.45, 7) is 0.178. The highest BCUT2D eigenvalue weighted by atomic mass is 19.1. The van der Waals surface area contributed by atoms with Crippen LogP contribution in [0.1, 0.15) is 44.1 Å². The van der Waals surface area contributed by atoms with Crippen LogP contribution in [0.4, 0.5) is 8.78 Å². The minimum Gasteiger partial charge on any atom is -0.484 e. The van der Waals surface area contributed by atoms with Crippen molar-refractivity contribution in [2.24, 2.45) is 0 Å². The lowest BCUT2D eigenvalue weighted by Crippen LogP contribution is -2.41. The lowest BCUT2D eigenvalue weighted by atomic mass is 9.90. The second kappa shape index (κ2) is 5.89. The van der Waals surface area contributed by atoms with Crippen LogP contribution in [0.3, 0.4) is 0 Å². The lowest BCUT2D eigenvalue weighted by Gasteiger charge is -2.38. The molecule has 1 aliphatic heterocycles. The van der Waals surface area contributed by atoms with E-state index in [1.54, 1.807) is 0 Å². The number of benzene rings is 1. The van der Waals surface area contributed by atoms with Crippen molar-refractivity contribution in [2.45, 2.75) is 56.8 Å². The predicted molar refractivity (Wildman–Crippen MR) is 73.1 cm³/mol. The largest absolute Gasteiger partial charge is 0.484 e. The number of rotatable bonds is 3. The maximum atomic E-state index is 13.9. The molecular formula is C16H20F2O3. The van der Waals surface area contributed by atoms with Gasteiger partial charge in [-0.1, -0.05) is 12.8 Å². The molecule has 1 aromatic rings. The van der Waals surface area contributed by atoms with Crippen molar-refractivity contribution in [1.82, 2.24) is 0 Å². The van der Waals surface area contributed by atoms with E-state index in [0.717, 1.165) is 37.8 Å². The van der Waals surface area contributed by atoms with Crippen molar-refractivity contribution in [3.8, 4) is 5.75 Å². The molecule has 0 radical (unpaired) electrons. The highest BCUT2D eigenvalue weighted by Crippen LogP contribution is 2.41. The van der Waals surface area contributed by atoms with E-state index in [0.29, 0.717) is 19.4 Å². The van der Waals surface area contributed by atoms with Gasteiger partial charge >= 0.3 is 0 Å². The molecule has 1 heterocycles. The van der Waals surface area contributed by atoms with E-state index in [9.17, 15) is 8.78 Å². The first-order chi connectivity index (χ1) is 10.1. The number of aliphatic hydroxyl groups excluding tert-OH is 1. The Bertz CT molecular complexity index is 489. The van der Waals surface area contributed by atoms with Gasteiger partial charge in [-0.25, -0.2) is 8.78 Å². The van der Waals surface area contributed by atoms with E-state index in [4.69, 9.17) is 14.6 Å². The number of ether oxygens (including phenoxy) is 2. The Morgan fingerprint density at radius 1 is 1.24 bits per heavy atom. The van der Waals surface area contributed by atoms with Gasteiger partial charge in [-0.3, -0.25) is 0 Å². The summed E-state index contributed by atoms with van der Waals surface area (Å²) in [7, 11) is 0. The van der Waals surface area contributed by atoms with Gasteiger partial charge in [-0.05, 0) is 30.5 Å². The molecule has 1 saturated heterocycles. The number of hydrogen-bond acceptors (Lipinski definition) is 3. The van der Waals surface area contributed by atoms with Crippen LogP contribution in [-0.2, 0) is 11.3 Å². The second-order valence-electron chi connectivity index (χ2n) is 6.02. The highest BCUT2D eigenvalue weighted by molar-refractivity contribution is 5.31. The molecule has 2 fully saturated rings. The van der Waals surface area contributed by atoms with E-state index in [2.05, 4.69) is 0 Å². The van der Waals surface area contributed by atoms with Crippen LogP contribution in [-0.4, -0.2) is 23.4 Å². The summed E-state index contributed by atoms with van der Waals surface area (Å²) in [4.78, 5) is 0. The van der Waals surface area contributed by atoms with Crippen LogP contribution < -0.4 is 4.74 Å². The van der Waals surface area contributed by atoms with Gasteiger partial charge in [0.2, 0.25) is 0 Å². The van der Waals surface area contributed by atoms with Gasteiger partial charge in [0.05, 0.1) is 18.8 Å². The Hall–Kier alpha value is -1.20. The average Bonchev–Trinajstić information content (AvgIpc) is 2.90. The number of halogens is 2. The van der Waals surface area contributed by atoms with E-state index in [-0.39, 0.29) is 23.0 Å². The van der Waals surface area contributed by atoms with Gasteiger partial charge in [-0.2, -0.15) is 0 Å². The van der Waals surface area contributed by atoms with E-state index < -0.39 is 18.2 Å². The molecule has 1 N–H and O–H groups in total. The van der Waals surface area contributed by atoms with Crippen molar-refractivity contribution < 1.29 is 23.4 Å².